The van der Waals surface area contributed by atoms with E-state index in [1.165, 1.54) is 25.7 Å². The summed E-state index contributed by atoms with van der Waals surface area (Å²) in [5.41, 5.74) is 0.307. The Hall–Kier alpha value is -0.160. The van der Waals surface area contributed by atoms with Crippen LogP contribution >= 0.6 is 0 Å². The number of nitrogens with zero attached hydrogens (tertiary/aromatic N) is 1. The van der Waals surface area contributed by atoms with Gasteiger partial charge in [0.1, 0.15) is 0 Å². The lowest BCUT2D eigenvalue weighted by Crippen LogP contribution is -2.51. The van der Waals surface area contributed by atoms with Gasteiger partial charge in [-0.3, -0.25) is 0 Å². The molecular formula is C15H30N2O2. The Morgan fingerprint density at radius 1 is 1.21 bits per heavy atom. The molecule has 0 bridgehead atoms. The molecule has 4 heteroatoms. The van der Waals surface area contributed by atoms with Gasteiger partial charge in [-0.1, -0.05) is 6.92 Å². The maximum absolute atomic E-state index is 5.78. The van der Waals surface area contributed by atoms with Crippen LogP contribution in [0.3, 0.4) is 0 Å². The highest BCUT2D eigenvalue weighted by Gasteiger charge is 2.35. The molecule has 2 aliphatic heterocycles. The average molecular weight is 270 g/mol. The molecule has 0 radical (unpaired) electrons. The van der Waals surface area contributed by atoms with E-state index in [4.69, 9.17) is 9.47 Å². The van der Waals surface area contributed by atoms with Crippen molar-refractivity contribution < 1.29 is 9.47 Å². The van der Waals surface area contributed by atoms with Gasteiger partial charge in [-0.05, 0) is 39.3 Å². The van der Waals surface area contributed by atoms with E-state index in [9.17, 15) is 0 Å². The Labute approximate surface area is 117 Å². The summed E-state index contributed by atoms with van der Waals surface area (Å²) >= 11 is 0. The van der Waals surface area contributed by atoms with Crippen molar-refractivity contribution in [3.05, 3.63) is 0 Å². The van der Waals surface area contributed by atoms with Gasteiger partial charge in [0.15, 0.2) is 0 Å². The minimum absolute atomic E-state index is 0.307. The quantitative estimate of drug-likeness (QED) is 0.793. The summed E-state index contributed by atoms with van der Waals surface area (Å²) in [5.74, 6) is 0. The Morgan fingerprint density at radius 2 is 2.00 bits per heavy atom. The van der Waals surface area contributed by atoms with Gasteiger partial charge in [0.2, 0.25) is 0 Å². The Kier molecular flexibility index (Phi) is 6.07. The van der Waals surface area contributed by atoms with Crippen molar-refractivity contribution in [2.24, 2.45) is 5.41 Å². The highest BCUT2D eigenvalue weighted by molar-refractivity contribution is 4.88. The second-order valence-corrected chi connectivity index (χ2v) is 6.20. The molecule has 4 nitrogen and oxygen atoms in total. The largest absolute Gasteiger partial charge is 0.381 e. The minimum atomic E-state index is 0.307. The zero-order valence-electron chi connectivity index (χ0n) is 12.6. The number of rotatable bonds is 6. The van der Waals surface area contributed by atoms with Gasteiger partial charge < -0.3 is 19.7 Å². The van der Waals surface area contributed by atoms with E-state index in [1.54, 1.807) is 0 Å². The molecule has 1 unspecified atom stereocenters. The van der Waals surface area contributed by atoms with Crippen LogP contribution in [0.15, 0.2) is 0 Å². The number of hydrogen-bond acceptors (Lipinski definition) is 4. The zero-order valence-corrected chi connectivity index (χ0v) is 12.6. The van der Waals surface area contributed by atoms with E-state index in [0.29, 0.717) is 11.5 Å². The third kappa shape index (κ3) is 4.42. The first-order valence-electron chi connectivity index (χ1n) is 7.82. The lowest BCUT2D eigenvalue weighted by atomic mass is 9.81. The van der Waals surface area contributed by atoms with Gasteiger partial charge in [0, 0.05) is 44.4 Å². The Morgan fingerprint density at radius 3 is 2.63 bits per heavy atom. The highest BCUT2D eigenvalue weighted by atomic mass is 16.5. The van der Waals surface area contributed by atoms with Crippen LogP contribution in [0.4, 0.5) is 0 Å². The molecule has 2 rings (SSSR count). The normalized spacial score (nSPS) is 29.8. The molecule has 0 aromatic rings. The summed E-state index contributed by atoms with van der Waals surface area (Å²) in [6.45, 7) is 9.14. The summed E-state index contributed by atoms with van der Waals surface area (Å²) in [5, 5.41) is 3.54. The number of nitrogens with one attached hydrogen (secondary N) is 1. The van der Waals surface area contributed by atoms with Crippen LogP contribution < -0.4 is 5.32 Å². The van der Waals surface area contributed by atoms with Gasteiger partial charge in [-0.2, -0.15) is 0 Å². The highest BCUT2D eigenvalue weighted by Crippen LogP contribution is 2.30. The summed E-state index contributed by atoms with van der Waals surface area (Å²) < 4.78 is 11.2. The maximum atomic E-state index is 5.78. The van der Waals surface area contributed by atoms with Crippen LogP contribution in [0.1, 0.15) is 32.6 Å². The predicted molar refractivity (Wildman–Crippen MR) is 77.5 cm³/mol. The first-order chi connectivity index (χ1) is 9.26. The third-order valence-corrected chi connectivity index (χ3v) is 4.55. The van der Waals surface area contributed by atoms with E-state index in [2.05, 4.69) is 24.2 Å². The monoisotopic (exact) mass is 270 g/mol. The van der Waals surface area contributed by atoms with Crippen molar-refractivity contribution in [1.82, 2.24) is 10.2 Å². The first-order valence-corrected chi connectivity index (χ1v) is 7.82. The van der Waals surface area contributed by atoms with Gasteiger partial charge in [0.05, 0.1) is 6.61 Å². The van der Waals surface area contributed by atoms with E-state index in [1.807, 2.05) is 0 Å². The predicted octanol–water partition coefficient (Wildman–Crippen LogP) is 1.50. The van der Waals surface area contributed by atoms with Crippen molar-refractivity contribution in [1.29, 1.82) is 0 Å². The summed E-state index contributed by atoms with van der Waals surface area (Å²) in [6, 6.07) is 0.689. The SMILES string of the molecule is CCNCC1(CN(C)C2CCOCC2)CCCOC1. The van der Waals surface area contributed by atoms with Crippen molar-refractivity contribution in [2.45, 2.75) is 38.6 Å². The summed E-state index contributed by atoms with van der Waals surface area (Å²) in [4.78, 5) is 2.55. The van der Waals surface area contributed by atoms with Crippen LogP contribution in [-0.2, 0) is 9.47 Å². The Bertz CT molecular complexity index is 249. The molecule has 0 aliphatic carbocycles. The molecule has 0 aromatic heterocycles. The lowest BCUT2D eigenvalue weighted by molar-refractivity contribution is -0.0383. The lowest BCUT2D eigenvalue weighted by Gasteiger charge is -2.43. The summed E-state index contributed by atoms with van der Waals surface area (Å²) in [7, 11) is 2.28. The minimum Gasteiger partial charge on any atom is -0.381 e. The molecule has 1 N–H and O–H groups in total. The Balaban J connectivity index is 1.90. The topological polar surface area (TPSA) is 33.7 Å². The fraction of sp³-hybridized carbons (Fsp3) is 1.00. The van der Waals surface area contributed by atoms with Gasteiger partial charge in [-0.25, -0.2) is 0 Å². The van der Waals surface area contributed by atoms with Crippen LogP contribution in [0.25, 0.3) is 0 Å². The van der Waals surface area contributed by atoms with E-state index in [0.717, 1.165) is 46.1 Å². The fourth-order valence-electron chi connectivity index (χ4n) is 3.40. The van der Waals surface area contributed by atoms with E-state index < -0.39 is 0 Å². The van der Waals surface area contributed by atoms with Crippen molar-refractivity contribution in [2.75, 3.05) is 53.1 Å². The number of hydrogen-bond donors (Lipinski definition) is 1. The fourth-order valence-corrected chi connectivity index (χ4v) is 3.40. The molecule has 0 aromatic carbocycles. The first kappa shape index (κ1) is 15.2. The van der Waals surface area contributed by atoms with Crippen LogP contribution in [0.2, 0.25) is 0 Å². The third-order valence-electron chi connectivity index (χ3n) is 4.55. The van der Waals surface area contributed by atoms with Crippen LogP contribution in [0, 0.1) is 5.41 Å². The molecule has 112 valence electrons. The standard InChI is InChI=1S/C15H30N2O2/c1-3-16-11-15(7-4-8-19-13-15)12-17(2)14-5-9-18-10-6-14/h14,16H,3-13H2,1-2H3. The van der Waals surface area contributed by atoms with Crippen molar-refractivity contribution in [3.8, 4) is 0 Å². The second kappa shape index (κ2) is 7.58. The zero-order chi connectivity index (χ0) is 13.6. The smallest absolute Gasteiger partial charge is 0.0546 e. The van der Waals surface area contributed by atoms with Crippen molar-refractivity contribution >= 4 is 0 Å². The molecular weight excluding hydrogens is 240 g/mol. The van der Waals surface area contributed by atoms with Crippen LogP contribution in [0.5, 0.6) is 0 Å². The van der Waals surface area contributed by atoms with E-state index in [-0.39, 0.29) is 0 Å². The second-order valence-electron chi connectivity index (χ2n) is 6.20. The molecule has 2 fully saturated rings. The number of ether oxygens (including phenoxy) is 2. The van der Waals surface area contributed by atoms with Crippen molar-refractivity contribution in [3.63, 3.8) is 0 Å². The molecule has 2 aliphatic rings. The van der Waals surface area contributed by atoms with Gasteiger partial charge >= 0.3 is 0 Å². The average Bonchev–Trinajstić information content (AvgIpc) is 2.47. The van der Waals surface area contributed by atoms with Gasteiger partial charge in [-0.15, -0.1) is 0 Å². The van der Waals surface area contributed by atoms with E-state index >= 15 is 0 Å². The molecule has 2 heterocycles. The summed E-state index contributed by atoms with van der Waals surface area (Å²) in [6.07, 6.45) is 4.84. The molecule has 19 heavy (non-hydrogen) atoms. The molecule has 0 spiro atoms. The maximum Gasteiger partial charge on any atom is 0.0546 e. The molecule has 0 amide bonds. The molecule has 2 saturated heterocycles. The van der Waals surface area contributed by atoms with Gasteiger partial charge in [0.25, 0.3) is 0 Å². The molecule has 0 saturated carbocycles. The molecule has 1 atom stereocenters. The van der Waals surface area contributed by atoms with Crippen LogP contribution in [-0.4, -0.2) is 64.1 Å².